The average Bonchev–Trinajstić information content (AvgIpc) is 3.00. The zero-order chi connectivity index (χ0) is 17.8. The molecule has 0 amide bonds. The summed E-state index contributed by atoms with van der Waals surface area (Å²) >= 11 is 5.84. The van der Waals surface area contributed by atoms with Gasteiger partial charge in [-0.2, -0.15) is 5.10 Å². The molecule has 0 saturated heterocycles. The van der Waals surface area contributed by atoms with E-state index in [1.54, 1.807) is 37.6 Å². The number of ether oxygens (including phenoxy) is 1. The maximum Gasteiger partial charge on any atom is 0.214 e. The van der Waals surface area contributed by atoms with Crippen LogP contribution in [0.1, 0.15) is 11.1 Å². The van der Waals surface area contributed by atoms with Gasteiger partial charge in [0.2, 0.25) is 5.96 Å². The van der Waals surface area contributed by atoms with Crippen LogP contribution in [0.2, 0.25) is 5.02 Å². The Morgan fingerprint density at radius 1 is 1.28 bits per heavy atom. The van der Waals surface area contributed by atoms with E-state index in [1.807, 2.05) is 25.3 Å². The fraction of sp³-hybridized carbons (Fsp3) is 0.111. The summed E-state index contributed by atoms with van der Waals surface area (Å²) in [4.78, 5) is 7.45. The molecule has 1 aromatic heterocycles. The van der Waals surface area contributed by atoms with E-state index in [-0.39, 0.29) is 5.96 Å². The molecule has 4 N–H and O–H groups in total. The molecule has 1 heterocycles. The normalized spacial score (nSPS) is 12.0. The molecule has 6 nitrogen and oxygen atoms in total. The third kappa shape index (κ3) is 3.92. The second-order valence-corrected chi connectivity index (χ2v) is 5.89. The summed E-state index contributed by atoms with van der Waals surface area (Å²) in [5.74, 6) is 0.989. The molecule has 0 bridgehead atoms. The lowest BCUT2D eigenvalue weighted by Crippen LogP contribution is -2.26. The fourth-order valence-electron chi connectivity index (χ4n) is 2.47. The van der Waals surface area contributed by atoms with Gasteiger partial charge in [0.25, 0.3) is 0 Å². The van der Waals surface area contributed by atoms with Gasteiger partial charge >= 0.3 is 0 Å². The summed E-state index contributed by atoms with van der Waals surface area (Å²) in [6.45, 7) is 2.03. The smallest absolute Gasteiger partial charge is 0.214 e. The minimum atomic E-state index is 0.187. The van der Waals surface area contributed by atoms with E-state index in [9.17, 15) is 0 Å². The first-order valence-electron chi connectivity index (χ1n) is 7.61. The van der Waals surface area contributed by atoms with Gasteiger partial charge in [-0.3, -0.25) is 0 Å². The van der Waals surface area contributed by atoms with Crippen molar-refractivity contribution >= 4 is 40.4 Å². The Morgan fingerprint density at radius 3 is 2.76 bits per heavy atom. The van der Waals surface area contributed by atoms with Gasteiger partial charge in [0.1, 0.15) is 5.75 Å². The molecule has 0 atom stereocenters. The van der Waals surface area contributed by atoms with Gasteiger partial charge in [0.05, 0.1) is 19.0 Å². The van der Waals surface area contributed by atoms with E-state index < -0.39 is 0 Å². The molecule has 0 aliphatic rings. The van der Waals surface area contributed by atoms with Crippen molar-refractivity contribution in [1.29, 1.82) is 0 Å². The van der Waals surface area contributed by atoms with E-state index in [0.717, 1.165) is 27.8 Å². The Morgan fingerprint density at radius 2 is 2.04 bits per heavy atom. The number of nitrogens with two attached hydrogens (primary N) is 1. The molecule has 7 heteroatoms. The summed E-state index contributed by atoms with van der Waals surface area (Å²) in [5.41, 5.74) is 12.3. The minimum Gasteiger partial charge on any atom is -0.497 e. The van der Waals surface area contributed by atoms with Crippen LogP contribution in [-0.2, 0) is 0 Å². The molecule has 0 fully saturated rings. The zero-order valence-electron chi connectivity index (χ0n) is 13.9. The lowest BCUT2D eigenvalue weighted by molar-refractivity contribution is 0.415. The summed E-state index contributed by atoms with van der Waals surface area (Å²) in [6.07, 6.45) is 3.57. The largest absolute Gasteiger partial charge is 0.497 e. The minimum absolute atomic E-state index is 0.187. The van der Waals surface area contributed by atoms with E-state index in [0.29, 0.717) is 10.7 Å². The molecular weight excluding hydrogens is 338 g/mol. The van der Waals surface area contributed by atoms with Crippen molar-refractivity contribution in [2.75, 3.05) is 7.11 Å². The number of aromatic amines is 1. The maximum atomic E-state index is 5.84. The van der Waals surface area contributed by atoms with E-state index in [1.165, 1.54) is 0 Å². The first-order valence-corrected chi connectivity index (χ1v) is 7.99. The topological polar surface area (TPSA) is 87.8 Å². The molecule has 25 heavy (non-hydrogen) atoms. The van der Waals surface area contributed by atoms with Gasteiger partial charge in [-0.15, -0.1) is 0 Å². The van der Waals surface area contributed by atoms with Crippen molar-refractivity contribution in [1.82, 2.24) is 10.4 Å². The summed E-state index contributed by atoms with van der Waals surface area (Å²) in [7, 11) is 1.65. The van der Waals surface area contributed by atoms with E-state index in [4.69, 9.17) is 22.1 Å². The van der Waals surface area contributed by atoms with E-state index in [2.05, 4.69) is 20.5 Å². The van der Waals surface area contributed by atoms with Crippen LogP contribution in [0.25, 0.3) is 10.9 Å². The molecule has 0 saturated carbocycles. The zero-order valence-corrected chi connectivity index (χ0v) is 14.6. The highest BCUT2D eigenvalue weighted by atomic mass is 35.5. The Kier molecular flexibility index (Phi) is 4.90. The second-order valence-electron chi connectivity index (χ2n) is 5.45. The Labute approximate surface area is 150 Å². The number of benzene rings is 2. The number of methoxy groups -OCH3 is 1. The number of nitrogens with zero attached hydrogens (tertiary/aromatic N) is 2. The van der Waals surface area contributed by atoms with Crippen LogP contribution in [0, 0.1) is 6.92 Å². The number of rotatable bonds is 4. The van der Waals surface area contributed by atoms with E-state index >= 15 is 0 Å². The van der Waals surface area contributed by atoms with Crippen molar-refractivity contribution in [3.8, 4) is 5.75 Å². The lowest BCUT2D eigenvalue weighted by Gasteiger charge is -2.03. The Balaban J connectivity index is 1.77. The second kappa shape index (κ2) is 7.27. The standard InChI is InChI=1S/C18H18ClN5O/c1-11-7-15(25-2)8-16-12(9-21-17(11)16)10-22-24-18(20)23-14-5-3-13(19)4-6-14/h3-10,21H,1-2H3,(H3,20,23,24)/b22-10+. The van der Waals surface area contributed by atoms with Gasteiger partial charge in [-0.05, 0) is 48.9 Å². The van der Waals surface area contributed by atoms with Crippen LogP contribution >= 0.6 is 11.6 Å². The number of nitrogens with one attached hydrogen (secondary N) is 2. The number of hydrogen-bond acceptors (Lipinski definition) is 3. The predicted octanol–water partition coefficient (Wildman–Crippen LogP) is 3.71. The van der Waals surface area contributed by atoms with Gasteiger partial charge in [-0.1, -0.05) is 11.6 Å². The first kappa shape index (κ1) is 16.9. The number of aromatic nitrogens is 1. The quantitative estimate of drug-likeness (QED) is 0.378. The number of hydrogen-bond donors (Lipinski definition) is 3. The SMILES string of the molecule is COc1cc(C)c2[nH]cc(/C=N/NC(N)=Nc3ccc(Cl)cc3)c2c1. The molecule has 0 unspecified atom stereocenters. The maximum absolute atomic E-state index is 5.84. The van der Waals surface area contributed by atoms with Crippen molar-refractivity contribution < 1.29 is 4.74 Å². The lowest BCUT2D eigenvalue weighted by atomic mass is 10.1. The van der Waals surface area contributed by atoms with Crippen LogP contribution in [0.5, 0.6) is 5.75 Å². The van der Waals surface area contributed by atoms with Crippen LogP contribution in [0.4, 0.5) is 5.69 Å². The van der Waals surface area contributed by atoms with Crippen LogP contribution < -0.4 is 15.9 Å². The van der Waals surface area contributed by atoms with Gasteiger partial charge in [0, 0.05) is 27.7 Å². The van der Waals surface area contributed by atoms with Crippen LogP contribution in [0.3, 0.4) is 0 Å². The fourth-order valence-corrected chi connectivity index (χ4v) is 2.60. The van der Waals surface area contributed by atoms with Gasteiger partial charge in [0.15, 0.2) is 0 Å². The van der Waals surface area contributed by atoms with Gasteiger partial charge in [-0.25, -0.2) is 10.4 Å². The molecule has 3 rings (SSSR count). The number of hydrazone groups is 1. The number of guanidine groups is 1. The van der Waals surface area contributed by atoms with Crippen molar-refractivity contribution in [3.05, 3.63) is 58.7 Å². The molecule has 0 radical (unpaired) electrons. The summed E-state index contributed by atoms with van der Waals surface area (Å²) in [5, 5.41) is 5.82. The monoisotopic (exact) mass is 355 g/mol. The van der Waals surface area contributed by atoms with Crippen molar-refractivity contribution in [2.24, 2.45) is 15.8 Å². The number of H-pyrrole nitrogens is 1. The highest BCUT2D eigenvalue weighted by Gasteiger charge is 2.06. The molecule has 3 aromatic rings. The number of aliphatic imine (C=N–C) groups is 1. The molecule has 2 aromatic carbocycles. The summed E-state index contributed by atoms with van der Waals surface area (Å²) < 4.78 is 5.32. The molecule has 0 aliphatic heterocycles. The van der Waals surface area contributed by atoms with Crippen LogP contribution in [-0.4, -0.2) is 24.3 Å². The third-order valence-corrected chi connectivity index (χ3v) is 3.94. The predicted molar refractivity (Wildman–Crippen MR) is 103 cm³/mol. The van der Waals surface area contributed by atoms with Crippen molar-refractivity contribution in [2.45, 2.75) is 6.92 Å². The third-order valence-electron chi connectivity index (χ3n) is 3.69. The molecule has 0 aliphatic carbocycles. The highest BCUT2D eigenvalue weighted by molar-refractivity contribution is 6.30. The van der Waals surface area contributed by atoms with Crippen LogP contribution in [0.15, 0.2) is 52.7 Å². The highest BCUT2D eigenvalue weighted by Crippen LogP contribution is 2.26. The Bertz CT molecular complexity index is 944. The summed E-state index contributed by atoms with van der Waals surface area (Å²) in [6, 6.07) is 11.0. The average molecular weight is 356 g/mol. The molecular formula is C18H18ClN5O. The van der Waals surface area contributed by atoms with Crippen molar-refractivity contribution in [3.63, 3.8) is 0 Å². The van der Waals surface area contributed by atoms with Gasteiger partial charge < -0.3 is 15.5 Å². The molecule has 128 valence electrons. The number of fused-ring (bicyclic) bond motifs is 1. The number of aryl methyl sites for hydroxylation is 1. The first-order chi connectivity index (χ1) is 12.1. The molecule has 0 spiro atoms. The number of halogens is 1. The Hall–Kier alpha value is -2.99.